The maximum Gasteiger partial charge on any atom is 0.00976 e. The minimum atomic E-state index is 0.490. The Morgan fingerprint density at radius 3 is 2.00 bits per heavy atom. The molecule has 0 amide bonds. The van der Waals surface area contributed by atoms with E-state index in [4.69, 9.17) is 0 Å². The smallest absolute Gasteiger partial charge is 0.00976 e. The minimum absolute atomic E-state index is 0.490. The Morgan fingerprint density at radius 1 is 1.27 bits per heavy atom. The zero-order valence-corrected chi connectivity index (χ0v) is 8.52. The van der Waals surface area contributed by atoms with Crippen LogP contribution in [0.5, 0.6) is 0 Å². The molecule has 66 valence electrons. The summed E-state index contributed by atoms with van der Waals surface area (Å²) in [7, 11) is 2.23. The Kier molecular flexibility index (Phi) is 2.29. The van der Waals surface area contributed by atoms with Gasteiger partial charge in [0, 0.05) is 6.04 Å². The second kappa shape index (κ2) is 2.78. The summed E-state index contributed by atoms with van der Waals surface area (Å²) in [4.78, 5) is 2.47. The molecule has 1 heterocycles. The van der Waals surface area contributed by atoms with E-state index in [1.165, 1.54) is 13.0 Å². The molecule has 1 nitrogen and oxygen atoms in total. The molecule has 1 heteroatoms. The van der Waals surface area contributed by atoms with Crippen molar-refractivity contribution in [3.63, 3.8) is 0 Å². The molecule has 0 aromatic heterocycles. The van der Waals surface area contributed by atoms with Crippen molar-refractivity contribution in [2.45, 2.75) is 40.2 Å². The summed E-state index contributed by atoms with van der Waals surface area (Å²) >= 11 is 0. The average molecular weight is 155 g/mol. The van der Waals surface area contributed by atoms with E-state index in [2.05, 4.69) is 39.6 Å². The molecule has 0 aromatic rings. The van der Waals surface area contributed by atoms with E-state index in [-0.39, 0.29) is 0 Å². The first kappa shape index (κ1) is 9.05. The molecule has 0 aliphatic carbocycles. The van der Waals surface area contributed by atoms with Crippen LogP contribution in [0.4, 0.5) is 0 Å². The van der Waals surface area contributed by atoms with E-state index < -0.39 is 0 Å². The lowest BCUT2D eigenvalue weighted by Gasteiger charge is -2.31. The number of hydrogen-bond donors (Lipinski definition) is 0. The Hall–Kier alpha value is -0.0400. The summed E-state index contributed by atoms with van der Waals surface area (Å²) in [5.74, 6) is 0.882. The van der Waals surface area contributed by atoms with Gasteiger partial charge in [-0.25, -0.2) is 0 Å². The largest absolute Gasteiger partial charge is 0.303 e. The van der Waals surface area contributed by atoms with E-state index in [0.717, 1.165) is 12.0 Å². The van der Waals surface area contributed by atoms with E-state index in [0.29, 0.717) is 5.41 Å². The van der Waals surface area contributed by atoms with Crippen LogP contribution >= 0.6 is 0 Å². The van der Waals surface area contributed by atoms with Gasteiger partial charge in [-0.2, -0.15) is 0 Å². The monoisotopic (exact) mass is 155 g/mol. The van der Waals surface area contributed by atoms with Gasteiger partial charge < -0.3 is 4.90 Å². The molecule has 0 N–H and O–H groups in total. The van der Waals surface area contributed by atoms with Crippen LogP contribution < -0.4 is 0 Å². The third-order valence-corrected chi connectivity index (χ3v) is 3.18. The predicted molar refractivity (Wildman–Crippen MR) is 49.7 cm³/mol. The van der Waals surface area contributed by atoms with Crippen molar-refractivity contribution in [2.75, 3.05) is 13.6 Å². The third kappa shape index (κ3) is 1.76. The molecular formula is C10H21N. The fourth-order valence-corrected chi connectivity index (χ4v) is 2.25. The topological polar surface area (TPSA) is 3.24 Å². The maximum atomic E-state index is 2.47. The second-order valence-corrected chi connectivity index (χ2v) is 4.98. The van der Waals surface area contributed by atoms with Crippen molar-refractivity contribution in [1.82, 2.24) is 4.90 Å². The van der Waals surface area contributed by atoms with Gasteiger partial charge in [0.15, 0.2) is 0 Å². The number of nitrogens with zero attached hydrogens (tertiary/aromatic N) is 1. The van der Waals surface area contributed by atoms with E-state index in [9.17, 15) is 0 Å². The van der Waals surface area contributed by atoms with Crippen molar-refractivity contribution < 1.29 is 0 Å². The molecule has 0 aromatic carbocycles. The molecule has 11 heavy (non-hydrogen) atoms. The van der Waals surface area contributed by atoms with Gasteiger partial charge in [0.25, 0.3) is 0 Å². The summed E-state index contributed by atoms with van der Waals surface area (Å²) < 4.78 is 0. The van der Waals surface area contributed by atoms with Gasteiger partial charge in [-0.05, 0) is 38.3 Å². The molecule has 1 aliphatic heterocycles. The van der Waals surface area contributed by atoms with Crippen LogP contribution in [0.15, 0.2) is 0 Å². The summed E-state index contributed by atoms with van der Waals surface area (Å²) in [5, 5.41) is 0. The van der Waals surface area contributed by atoms with Crippen LogP contribution in [-0.4, -0.2) is 24.5 Å². The molecule has 1 saturated heterocycles. The molecule has 1 aliphatic rings. The molecule has 0 saturated carbocycles. The van der Waals surface area contributed by atoms with Crippen LogP contribution in [0.2, 0.25) is 0 Å². The summed E-state index contributed by atoms with van der Waals surface area (Å²) in [6, 6.07) is 0.773. The normalized spacial score (nSPS) is 34.6. The highest BCUT2D eigenvalue weighted by Gasteiger charge is 2.35. The van der Waals surface area contributed by atoms with Gasteiger partial charge in [-0.1, -0.05) is 20.8 Å². The Balaban J connectivity index is 2.62. The molecule has 0 spiro atoms. The van der Waals surface area contributed by atoms with Crippen LogP contribution in [0.25, 0.3) is 0 Å². The molecule has 2 atom stereocenters. The Morgan fingerprint density at radius 2 is 1.82 bits per heavy atom. The first-order valence-corrected chi connectivity index (χ1v) is 4.63. The van der Waals surface area contributed by atoms with Gasteiger partial charge in [0.1, 0.15) is 0 Å². The lowest BCUT2D eigenvalue weighted by molar-refractivity contribution is 0.182. The fraction of sp³-hybridized carbons (Fsp3) is 1.00. The lowest BCUT2D eigenvalue weighted by Crippen LogP contribution is -2.32. The third-order valence-electron chi connectivity index (χ3n) is 3.18. The molecule has 0 bridgehead atoms. The fourth-order valence-electron chi connectivity index (χ4n) is 2.25. The summed E-state index contributed by atoms with van der Waals surface area (Å²) in [6.45, 7) is 10.7. The van der Waals surface area contributed by atoms with E-state index in [1.807, 2.05) is 0 Å². The minimum Gasteiger partial charge on any atom is -0.303 e. The SMILES string of the molecule is CC1C(C(C)(C)C)CCN1C. The Bertz CT molecular complexity index is 134. The Labute approximate surface area is 70.8 Å². The molecule has 1 rings (SSSR count). The number of likely N-dealkylation sites (tertiary alicyclic amines) is 1. The van der Waals surface area contributed by atoms with Crippen molar-refractivity contribution in [3.8, 4) is 0 Å². The molecule has 0 radical (unpaired) electrons. The van der Waals surface area contributed by atoms with Crippen molar-refractivity contribution in [2.24, 2.45) is 11.3 Å². The second-order valence-electron chi connectivity index (χ2n) is 4.98. The van der Waals surface area contributed by atoms with Crippen molar-refractivity contribution in [3.05, 3.63) is 0 Å². The molecule has 1 fully saturated rings. The van der Waals surface area contributed by atoms with E-state index in [1.54, 1.807) is 0 Å². The van der Waals surface area contributed by atoms with Gasteiger partial charge >= 0.3 is 0 Å². The van der Waals surface area contributed by atoms with Crippen LogP contribution in [0, 0.1) is 11.3 Å². The van der Waals surface area contributed by atoms with Crippen molar-refractivity contribution >= 4 is 0 Å². The number of hydrogen-bond acceptors (Lipinski definition) is 1. The van der Waals surface area contributed by atoms with Crippen LogP contribution in [0.3, 0.4) is 0 Å². The number of rotatable bonds is 0. The highest BCUT2D eigenvalue weighted by atomic mass is 15.1. The predicted octanol–water partition coefficient (Wildman–Crippen LogP) is 2.37. The summed E-state index contributed by atoms with van der Waals surface area (Å²) in [6.07, 6.45) is 1.38. The standard InChI is InChI=1S/C10H21N/c1-8-9(10(2,3)4)6-7-11(8)5/h8-9H,6-7H2,1-5H3. The highest BCUT2D eigenvalue weighted by Crippen LogP contribution is 2.37. The quantitative estimate of drug-likeness (QED) is 0.519. The molecular weight excluding hydrogens is 134 g/mol. The van der Waals surface area contributed by atoms with Gasteiger partial charge in [0.2, 0.25) is 0 Å². The van der Waals surface area contributed by atoms with Gasteiger partial charge in [-0.3, -0.25) is 0 Å². The highest BCUT2D eigenvalue weighted by molar-refractivity contribution is 4.88. The lowest BCUT2D eigenvalue weighted by atomic mass is 9.77. The van der Waals surface area contributed by atoms with E-state index >= 15 is 0 Å². The van der Waals surface area contributed by atoms with Crippen LogP contribution in [0.1, 0.15) is 34.1 Å². The zero-order valence-electron chi connectivity index (χ0n) is 8.52. The molecule has 2 unspecified atom stereocenters. The van der Waals surface area contributed by atoms with Crippen molar-refractivity contribution in [1.29, 1.82) is 0 Å². The summed E-state index contributed by atoms with van der Waals surface area (Å²) in [5.41, 5.74) is 0.490. The first-order valence-electron chi connectivity index (χ1n) is 4.63. The maximum absolute atomic E-state index is 2.47. The average Bonchev–Trinajstić information content (AvgIpc) is 2.11. The first-order chi connectivity index (χ1) is 4.93. The van der Waals surface area contributed by atoms with Gasteiger partial charge in [-0.15, -0.1) is 0 Å². The van der Waals surface area contributed by atoms with Crippen LogP contribution in [-0.2, 0) is 0 Å². The van der Waals surface area contributed by atoms with Gasteiger partial charge in [0.05, 0.1) is 0 Å². The zero-order chi connectivity index (χ0) is 8.65.